The van der Waals surface area contributed by atoms with E-state index in [1.807, 2.05) is 21.3 Å². The first-order valence-corrected chi connectivity index (χ1v) is 30.5. The Hall–Kier alpha value is -1.75. The molecule has 0 aromatic heterocycles. The van der Waals surface area contributed by atoms with Crippen molar-refractivity contribution in [2.75, 3.05) is 54.4 Å². The van der Waals surface area contributed by atoms with E-state index >= 15 is 0 Å². The number of allylic oxidation sites excluding steroid dienone is 2. The van der Waals surface area contributed by atoms with E-state index in [0.29, 0.717) is 37.6 Å². The Balaban J connectivity index is 4.53. The van der Waals surface area contributed by atoms with Gasteiger partial charge in [-0.2, -0.15) is 0 Å². The number of ketones is 3. The Morgan fingerprint density at radius 3 is 1.00 bits per heavy atom. The van der Waals surface area contributed by atoms with Crippen molar-refractivity contribution in [2.45, 2.75) is 308 Å². The van der Waals surface area contributed by atoms with Crippen LogP contribution in [0.4, 0.5) is 0 Å². The molecule has 72 heavy (non-hydrogen) atoms. The van der Waals surface area contributed by atoms with E-state index in [4.69, 9.17) is 28.4 Å². The van der Waals surface area contributed by atoms with Crippen LogP contribution in [0.1, 0.15) is 284 Å². The molecule has 0 aliphatic carbocycles. The molecular weight excluding hydrogens is 901 g/mol. The van der Waals surface area contributed by atoms with Gasteiger partial charge in [0.05, 0.1) is 31.5 Å². The van der Waals surface area contributed by atoms with Crippen molar-refractivity contribution < 1.29 is 42.8 Å². The van der Waals surface area contributed by atoms with Crippen LogP contribution in [0.2, 0.25) is 0 Å². The first kappa shape index (κ1) is 70.2. The van der Waals surface area contributed by atoms with Crippen molar-refractivity contribution in [1.29, 1.82) is 0 Å². The summed E-state index contributed by atoms with van der Waals surface area (Å²) in [6.07, 6.45) is 55.6. The second kappa shape index (κ2) is 57.0. The summed E-state index contributed by atoms with van der Waals surface area (Å²) in [6.45, 7) is 7.08. The first-order chi connectivity index (χ1) is 35.3. The molecule has 0 aromatic rings. The Morgan fingerprint density at radius 2 is 0.639 bits per heavy atom. The van der Waals surface area contributed by atoms with Crippen LogP contribution >= 0.6 is 0 Å². The summed E-state index contributed by atoms with van der Waals surface area (Å²) in [7, 11) is 5.51. The number of ether oxygens (including phenoxy) is 6. The lowest BCUT2D eigenvalue weighted by Gasteiger charge is -2.18. The van der Waals surface area contributed by atoms with Crippen LogP contribution in [0.25, 0.3) is 0 Å². The van der Waals surface area contributed by atoms with E-state index in [9.17, 15) is 14.4 Å². The maximum Gasteiger partial charge on any atom is 0.158 e. The van der Waals surface area contributed by atoms with Crippen LogP contribution in [0.3, 0.4) is 0 Å². The molecule has 0 aromatic carbocycles. The lowest BCUT2D eigenvalue weighted by molar-refractivity contribution is -0.135. The highest BCUT2D eigenvalue weighted by atomic mass is 16.6. The number of Topliss-reactive ketones (excluding diaryl/α,β-unsaturated/α-hetero) is 3. The maximum absolute atomic E-state index is 12.8. The fraction of sp³-hybridized carbons (Fsp3) is 0.889. The van der Waals surface area contributed by atoms with Crippen LogP contribution in [-0.4, -0.2) is 96.1 Å². The van der Waals surface area contributed by atoms with E-state index in [-0.39, 0.29) is 50.4 Å². The molecule has 0 radical (unpaired) electrons. The van der Waals surface area contributed by atoms with Gasteiger partial charge in [0, 0.05) is 40.6 Å². The molecule has 0 aliphatic rings. The Labute approximate surface area is 445 Å². The third-order valence-corrected chi connectivity index (χ3v) is 14.3. The van der Waals surface area contributed by atoms with Gasteiger partial charge in [-0.05, 0) is 83.5 Å². The fourth-order valence-electron chi connectivity index (χ4n) is 9.34. The molecule has 0 aliphatic heterocycles. The third kappa shape index (κ3) is 50.4. The standard InChI is InChI=1S/C63H118O9/c1-7-10-13-37-46-60(67-4)49-40-31-25-19-16-22-28-34-43-57(64)52-70-55-63(72-54-59(66)45-36-30-24-18-21-27-33-42-51-62(69-6)48-39-15-12-9-3)56-71-53-58(65)44-35-29-23-17-20-26-32-41-50-61(68-5)47-38-14-11-8-2/h31,33,40,42,60-63H,7-30,32,34-39,41,43-56H2,1-6H3/b40-31-,42-33+. The SMILES string of the molecule is CCCCCCC(C/C=C\CCCCCCCC(=O)COCC(COCC(=O)CCCCCCCCCCC(CCCCCC)OC)OCC(=O)CCCCCCC/C=C/CC(CCCCCC)OC)OC. The summed E-state index contributed by atoms with van der Waals surface area (Å²) in [6, 6.07) is 0. The number of hydrogen-bond acceptors (Lipinski definition) is 9. The normalized spacial score (nSPS) is 13.6. The van der Waals surface area contributed by atoms with Crippen LogP contribution in [0.15, 0.2) is 24.3 Å². The van der Waals surface area contributed by atoms with Gasteiger partial charge in [0.15, 0.2) is 17.3 Å². The van der Waals surface area contributed by atoms with Crippen LogP contribution < -0.4 is 0 Å². The maximum atomic E-state index is 12.8. The molecule has 0 fully saturated rings. The van der Waals surface area contributed by atoms with Gasteiger partial charge in [0.1, 0.15) is 25.9 Å². The average Bonchev–Trinajstić information content (AvgIpc) is 3.38. The number of rotatable bonds is 60. The predicted molar refractivity (Wildman–Crippen MR) is 303 cm³/mol. The fourth-order valence-corrected chi connectivity index (χ4v) is 9.34. The molecule has 9 nitrogen and oxygen atoms in total. The van der Waals surface area contributed by atoms with Gasteiger partial charge >= 0.3 is 0 Å². The number of unbranched alkanes of at least 4 members (excludes halogenated alkanes) is 26. The highest BCUT2D eigenvalue weighted by molar-refractivity contribution is 5.80. The van der Waals surface area contributed by atoms with Crippen molar-refractivity contribution in [3.8, 4) is 0 Å². The number of methoxy groups -OCH3 is 3. The average molecular weight is 1020 g/mol. The molecule has 0 saturated heterocycles. The van der Waals surface area contributed by atoms with E-state index in [1.54, 1.807) is 0 Å². The first-order valence-electron chi connectivity index (χ1n) is 30.5. The van der Waals surface area contributed by atoms with Gasteiger partial charge < -0.3 is 28.4 Å². The molecule has 0 rings (SSSR count). The van der Waals surface area contributed by atoms with Gasteiger partial charge in [-0.1, -0.05) is 206 Å². The third-order valence-electron chi connectivity index (χ3n) is 14.3. The quantitative estimate of drug-likeness (QED) is 0.0435. The number of carbonyl (C=O) groups excluding carboxylic acids is 3. The largest absolute Gasteiger partial charge is 0.381 e. The van der Waals surface area contributed by atoms with Gasteiger partial charge in [-0.25, -0.2) is 0 Å². The minimum Gasteiger partial charge on any atom is -0.381 e. The number of carbonyl (C=O) groups is 3. The minimum atomic E-state index is -0.519. The Bertz CT molecular complexity index is 1220. The predicted octanol–water partition coefficient (Wildman–Crippen LogP) is 17.3. The summed E-state index contributed by atoms with van der Waals surface area (Å²) in [5.41, 5.74) is 0. The molecule has 9 heteroatoms. The van der Waals surface area contributed by atoms with E-state index in [2.05, 4.69) is 45.1 Å². The Kier molecular flexibility index (Phi) is 55.6. The smallest absolute Gasteiger partial charge is 0.158 e. The highest BCUT2D eigenvalue weighted by Crippen LogP contribution is 2.18. The van der Waals surface area contributed by atoms with Crippen molar-refractivity contribution in [3.05, 3.63) is 24.3 Å². The van der Waals surface area contributed by atoms with Gasteiger partial charge in [-0.15, -0.1) is 0 Å². The molecule has 0 amide bonds. The van der Waals surface area contributed by atoms with Crippen molar-refractivity contribution in [1.82, 2.24) is 0 Å². The molecule has 0 spiro atoms. The second-order valence-corrected chi connectivity index (χ2v) is 21.1. The molecule has 4 atom stereocenters. The van der Waals surface area contributed by atoms with Crippen LogP contribution in [0, 0.1) is 0 Å². The summed E-state index contributed by atoms with van der Waals surface area (Å²) >= 11 is 0. The van der Waals surface area contributed by atoms with Gasteiger partial charge in [0.2, 0.25) is 0 Å². The van der Waals surface area contributed by atoms with Gasteiger partial charge in [-0.3, -0.25) is 14.4 Å². The minimum absolute atomic E-state index is 0.0134. The second-order valence-electron chi connectivity index (χ2n) is 21.1. The topological polar surface area (TPSA) is 107 Å². The van der Waals surface area contributed by atoms with Crippen LogP contribution in [0.5, 0.6) is 0 Å². The van der Waals surface area contributed by atoms with Crippen molar-refractivity contribution in [2.24, 2.45) is 0 Å². The summed E-state index contributed by atoms with van der Waals surface area (Å²) < 4.78 is 34.7. The highest BCUT2D eigenvalue weighted by Gasteiger charge is 2.16. The molecule has 0 saturated carbocycles. The van der Waals surface area contributed by atoms with Gasteiger partial charge in [0.25, 0.3) is 0 Å². The molecule has 0 N–H and O–H groups in total. The lowest BCUT2D eigenvalue weighted by Crippen LogP contribution is -2.30. The Morgan fingerprint density at radius 1 is 0.333 bits per heavy atom. The van der Waals surface area contributed by atoms with E-state index in [1.165, 1.54) is 141 Å². The summed E-state index contributed by atoms with van der Waals surface area (Å²) in [5.74, 6) is 0.237. The van der Waals surface area contributed by atoms with Crippen molar-refractivity contribution in [3.63, 3.8) is 0 Å². The van der Waals surface area contributed by atoms with Crippen LogP contribution in [-0.2, 0) is 42.8 Å². The lowest BCUT2D eigenvalue weighted by atomic mass is 10.0. The zero-order chi connectivity index (χ0) is 52.6. The molecular formula is C63H118O9. The monoisotopic (exact) mass is 1020 g/mol. The zero-order valence-corrected chi connectivity index (χ0v) is 48.3. The van der Waals surface area contributed by atoms with Crippen molar-refractivity contribution >= 4 is 17.3 Å². The molecule has 424 valence electrons. The zero-order valence-electron chi connectivity index (χ0n) is 48.3. The molecule has 4 unspecified atom stereocenters. The summed E-state index contributed by atoms with van der Waals surface area (Å²) in [5, 5.41) is 0. The summed E-state index contributed by atoms with van der Waals surface area (Å²) in [4.78, 5) is 38.2. The number of hydrogen-bond donors (Lipinski definition) is 0. The van der Waals surface area contributed by atoms with E-state index < -0.39 is 6.10 Å². The molecule has 0 heterocycles. The van der Waals surface area contributed by atoms with E-state index in [0.717, 1.165) is 103 Å². The molecule has 0 bridgehead atoms.